The predicted octanol–water partition coefficient (Wildman–Crippen LogP) is 21.1. The number of hydrogen-bond donors (Lipinski definition) is 0. The fourth-order valence-electron chi connectivity index (χ4n) is 19.6. The first-order chi connectivity index (χ1) is 54.5. The molecule has 0 amide bonds. The van der Waals surface area contributed by atoms with Crippen LogP contribution in [0, 0.1) is 34.6 Å². The molecule has 4 aliphatic heterocycles. The van der Waals surface area contributed by atoms with E-state index in [4.69, 9.17) is 11.6 Å². The Kier molecular flexibility index (Phi) is 17.9. The third-order valence-electron chi connectivity index (χ3n) is 25.0. The van der Waals surface area contributed by atoms with Crippen LogP contribution in [0.3, 0.4) is 0 Å². The van der Waals surface area contributed by atoms with Crippen LogP contribution in [0.25, 0.3) is 0 Å². The Bertz CT molecular complexity index is 5810. The molecule has 0 aromatic heterocycles. The Hall–Kier alpha value is -10.9. The highest BCUT2D eigenvalue weighted by Crippen LogP contribution is 2.51. The minimum atomic E-state index is -3.45. The number of aryl methyl sites for hydroxylation is 5. The Labute approximate surface area is 684 Å². The second-order valence-electron chi connectivity index (χ2n) is 37.2. The molecule has 0 atom stereocenters. The molecule has 8 heteroatoms. The zero-order valence-corrected chi connectivity index (χ0v) is 72.0. The summed E-state index contributed by atoms with van der Waals surface area (Å²) in [6, 6.07) is 117. The lowest BCUT2D eigenvalue weighted by molar-refractivity contribution is 0.590. The van der Waals surface area contributed by atoms with E-state index in [-0.39, 0.29) is 28.4 Å². The number of nitrogens with zero attached hydrogens (tertiary/aromatic N) is 4. The molecule has 4 nitrogen and oxygen atoms in total. The van der Waals surface area contributed by atoms with E-state index in [0.29, 0.717) is 11.4 Å². The summed E-state index contributed by atoms with van der Waals surface area (Å²) in [6.07, 6.45) is 0.612. The van der Waals surface area contributed by atoms with Crippen molar-refractivity contribution in [3.63, 3.8) is 0 Å². The third kappa shape index (κ3) is 12.3. The lowest BCUT2D eigenvalue weighted by Gasteiger charge is -2.52. The maximum atomic E-state index is 8.67. The molecule has 0 fully saturated rings. The van der Waals surface area contributed by atoms with Crippen molar-refractivity contribution in [2.45, 2.75) is 146 Å². The van der Waals surface area contributed by atoms with Crippen molar-refractivity contribution in [1.29, 1.82) is 0 Å². The van der Waals surface area contributed by atoms with E-state index in [1.165, 1.54) is 136 Å². The molecule has 0 saturated heterocycles. The highest BCUT2D eigenvalue weighted by atomic mass is 35.5. The van der Waals surface area contributed by atoms with Gasteiger partial charge in [-0.05, 0) is 291 Å². The van der Waals surface area contributed by atoms with E-state index in [2.05, 4.69) is 435 Å². The van der Waals surface area contributed by atoms with Crippen molar-refractivity contribution in [3.8, 4) is 0 Å². The number of halogens is 1. The highest BCUT2D eigenvalue weighted by Gasteiger charge is 2.57. The lowest BCUT2D eigenvalue weighted by atomic mass is 9.33. The van der Waals surface area contributed by atoms with E-state index in [1.807, 2.05) is 0 Å². The van der Waals surface area contributed by atoms with E-state index in [0.717, 1.165) is 51.1 Å². The first-order valence-corrected chi connectivity index (χ1v) is 45.2. The van der Waals surface area contributed by atoms with Crippen LogP contribution in [0.2, 0.25) is 5.02 Å². The minimum absolute atomic E-state index is 0.0185. The largest absolute Gasteiger partial charge is 0.311 e. The van der Waals surface area contributed by atoms with E-state index >= 15 is 0 Å². The Balaban J connectivity index is 0.911. The van der Waals surface area contributed by atoms with Crippen molar-refractivity contribution in [3.05, 3.63) is 363 Å². The van der Waals surface area contributed by atoms with E-state index < -0.39 is 16.1 Å². The van der Waals surface area contributed by atoms with Crippen LogP contribution in [0.1, 0.15) is 144 Å². The molecule has 114 heavy (non-hydrogen) atoms. The second-order valence-corrected chi connectivity index (χ2v) is 45.1. The van der Waals surface area contributed by atoms with Crippen LogP contribution in [0.5, 0.6) is 0 Å². The maximum absolute atomic E-state index is 8.67. The second kappa shape index (κ2) is 27.4. The zero-order valence-electron chi connectivity index (χ0n) is 69.2. The molecule has 18 rings (SSSR count). The summed E-state index contributed by atoms with van der Waals surface area (Å²) in [5.74, 6) is 0. The smallest absolute Gasteiger partial charge is 0.251 e. The van der Waals surface area contributed by atoms with Gasteiger partial charge in [0.05, 0.1) is 16.4 Å². The van der Waals surface area contributed by atoms with Gasteiger partial charge in [-0.2, -0.15) is 0 Å². The van der Waals surface area contributed by atoms with E-state index in [1.54, 1.807) is 0 Å². The molecule has 564 valence electrons. The SMILES string of the molecule is Cc1cc2cc(c1)[Si](c1ccccc1)(c1ccccc1)c1cc(C)cc(c1)N(c1ccc(C(C)(C)C)cc1)c1cc(Cc3cccc([Si]4(c5ccccc5)c5cc(C)cc6c5B5c7c(cc(C)cc7N(c7ccc(C(C)(C)C)cc7)c7cc(C)cc4c75)N6c4ccc(C(C)(C)C)cc4)c3)cc(c1Cl)N2c1ccc(C(C)(C)C)cc1. The molecule has 0 aliphatic carbocycles. The molecule has 0 saturated carbocycles. The van der Waals surface area contributed by atoms with Gasteiger partial charge >= 0.3 is 0 Å². The summed E-state index contributed by atoms with van der Waals surface area (Å²) in [4.78, 5) is 10.3. The van der Waals surface area contributed by atoms with Crippen LogP contribution in [-0.4, -0.2) is 22.9 Å². The number of anilines is 12. The van der Waals surface area contributed by atoms with Crippen molar-refractivity contribution >= 4 is 161 Å². The van der Waals surface area contributed by atoms with Gasteiger partial charge in [0.1, 0.15) is 0 Å². The molecule has 0 spiro atoms. The molecule has 4 heterocycles. The topological polar surface area (TPSA) is 13.0 Å². The monoisotopic (exact) mass is 1530 g/mol. The van der Waals surface area contributed by atoms with Crippen LogP contribution in [0.15, 0.2) is 297 Å². The molecule has 0 N–H and O–H groups in total. The van der Waals surface area contributed by atoms with Crippen molar-refractivity contribution in [2.75, 3.05) is 19.6 Å². The molecule has 4 aliphatic rings. The third-order valence-corrected chi connectivity index (χ3v) is 34.9. The average molecular weight is 1530 g/mol. The Morgan fingerprint density at radius 1 is 0.254 bits per heavy atom. The summed E-state index contributed by atoms with van der Waals surface area (Å²) in [6.45, 7) is 39.3. The number of hydrogen-bond acceptors (Lipinski definition) is 4. The van der Waals surface area contributed by atoms with Gasteiger partial charge in [0, 0.05) is 56.9 Å². The van der Waals surface area contributed by atoms with Crippen LogP contribution in [-0.2, 0) is 28.1 Å². The summed E-state index contributed by atoms with van der Waals surface area (Å²) in [5, 5.41) is 11.5. The van der Waals surface area contributed by atoms with Crippen molar-refractivity contribution in [2.24, 2.45) is 0 Å². The van der Waals surface area contributed by atoms with Crippen LogP contribution < -0.4 is 77.5 Å². The predicted molar refractivity (Wildman–Crippen MR) is 497 cm³/mol. The summed E-state index contributed by atoms with van der Waals surface area (Å²) >= 11 is 8.67. The van der Waals surface area contributed by atoms with Gasteiger partial charge in [0.15, 0.2) is 16.1 Å². The molecule has 0 unspecified atom stereocenters. The average Bonchev–Trinajstić information content (AvgIpc) is 0.660. The lowest BCUT2D eigenvalue weighted by Crippen LogP contribution is -2.88. The van der Waals surface area contributed by atoms with Gasteiger partial charge in [0.2, 0.25) is 0 Å². The quantitative estimate of drug-likeness (QED) is 0.127. The van der Waals surface area contributed by atoms with Gasteiger partial charge in [-0.15, -0.1) is 0 Å². The van der Waals surface area contributed by atoms with Crippen LogP contribution >= 0.6 is 11.6 Å². The molecule has 14 aromatic carbocycles. The standard InChI is InChI=1S/C106H102BClN4Si2/c1-68-52-83-66-89(54-68)113(85-29-21-18-22-30-85,86-31-23-19-24-32-86)90-55-69(2)53-84(67-90)110(80-46-38-76(39-47-80)104(9,10)11)96-65-74(64-95(102(96)108)109(83)79-44-36-75(37-45-79)103(6,7)8)62-73-28-27-35-88(63-73)114(87-33-25-20-26-34-87)97-60-71(4)58-93-100(97)107-99-91(111(93)81-48-40-77(41-49-81)105(12,13)14)56-70(3)57-92(99)112(94-59-72(5)61-98(114)101(94)107)82-50-42-78(43-51-82)106(15,16)17/h18-61,63-67H,62H2,1-17H3. The molecule has 14 aromatic rings. The van der Waals surface area contributed by atoms with Gasteiger partial charge in [-0.3, -0.25) is 0 Å². The fourth-order valence-corrected chi connectivity index (χ4v) is 30.4. The van der Waals surface area contributed by atoms with Gasteiger partial charge in [-0.25, -0.2) is 0 Å². The first kappa shape index (κ1) is 74.5. The summed E-state index contributed by atoms with van der Waals surface area (Å²) in [7, 11) is -6.66. The normalized spacial score (nSPS) is 14.5. The summed E-state index contributed by atoms with van der Waals surface area (Å²) in [5.41, 5.74) is 30.9. The van der Waals surface area contributed by atoms with Gasteiger partial charge < -0.3 is 19.6 Å². The van der Waals surface area contributed by atoms with Crippen molar-refractivity contribution < 1.29 is 0 Å². The highest BCUT2D eigenvalue weighted by molar-refractivity contribution is 7.27. The van der Waals surface area contributed by atoms with E-state index in [9.17, 15) is 0 Å². The first-order valence-electron chi connectivity index (χ1n) is 40.9. The Morgan fingerprint density at radius 2 is 0.570 bits per heavy atom. The molecular weight excluding hydrogens is 1430 g/mol. The van der Waals surface area contributed by atoms with Crippen LogP contribution in [0.4, 0.5) is 68.2 Å². The molecular formula is C106H102BClN4Si2. The zero-order chi connectivity index (χ0) is 79.4. The van der Waals surface area contributed by atoms with Gasteiger partial charge in [-0.1, -0.05) is 283 Å². The number of rotatable bonds is 10. The maximum Gasteiger partial charge on any atom is 0.251 e. The Morgan fingerprint density at radius 3 is 0.930 bits per heavy atom. The molecule has 6 bridgehead atoms. The summed E-state index contributed by atoms with van der Waals surface area (Å²) < 4.78 is 0. The fraction of sp³-hybridized carbons (Fsp3) is 0.208. The molecule has 0 radical (unpaired) electrons. The number of fused-ring (bicyclic) bond motifs is 6. The van der Waals surface area contributed by atoms with Crippen molar-refractivity contribution in [1.82, 2.24) is 0 Å². The minimum Gasteiger partial charge on any atom is -0.311 e. The number of benzene rings is 14. The van der Waals surface area contributed by atoms with Gasteiger partial charge in [0.25, 0.3) is 6.71 Å².